The number of aryl methyl sites for hydroxylation is 1. The highest BCUT2D eigenvalue weighted by Gasteiger charge is 2.66. The number of ether oxygens (including phenoxy) is 3. The number of benzene rings is 2. The van der Waals surface area contributed by atoms with Crippen molar-refractivity contribution >= 4 is 11.6 Å². The van der Waals surface area contributed by atoms with E-state index in [1.54, 1.807) is 18.2 Å². The zero-order valence-electron chi connectivity index (χ0n) is 33.9. The van der Waals surface area contributed by atoms with Crippen LogP contribution in [0.5, 0.6) is 11.5 Å². The van der Waals surface area contributed by atoms with Gasteiger partial charge in [0.2, 0.25) is 11.7 Å². The maximum absolute atomic E-state index is 14.6. The van der Waals surface area contributed by atoms with Gasteiger partial charge in [-0.15, -0.1) is 6.58 Å². The number of pyridine rings is 1. The van der Waals surface area contributed by atoms with E-state index in [1.807, 2.05) is 49.1 Å². The molecular weight excluding hydrogens is 738 g/mol. The van der Waals surface area contributed by atoms with Gasteiger partial charge in [-0.2, -0.15) is 0 Å². The largest absolute Gasteiger partial charge is 0.487 e. The predicted octanol–water partition coefficient (Wildman–Crippen LogP) is 8.20. The van der Waals surface area contributed by atoms with E-state index in [-0.39, 0.29) is 61.8 Å². The van der Waals surface area contributed by atoms with Gasteiger partial charge in [-0.3, -0.25) is 9.78 Å². The highest BCUT2D eigenvalue weighted by Crippen LogP contribution is 2.62. The van der Waals surface area contributed by atoms with Gasteiger partial charge >= 0.3 is 0 Å². The number of amides is 1. The second kappa shape index (κ2) is 19.0. The van der Waals surface area contributed by atoms with Gasteiger partial charge in [0.05, 0.1) is 23.9 Å². The lowest BCUT2D eigenvalue weighted by atomic mass is 9.55. The summed E-state index contributed by atoms with van der Waals surface area (Å²) in [6.45, 7) is 9.18. The fourth-order valence-electron chi connectivity index (χ4n) is 9.41. The fourth-order valence-corrected chi connectivity index (χ4v) is 9.41. The third-order valence-electron chi connectivity index (χ3n) is 12.1. The molecular formula is C47H58FN3O7. The van der Waals surface area contributed by atoms with E-state index in [1.165, 1.54) is 12.1 Å². The number of unbranched alkanes of at least 4 members (excludes halogenated alkanes) is 2. The SMILES string of the molecule is C=CCOC12Oc3ccc(OCc4cccc(C)n4)cc3C3C(CCCCO)C(CCCCO)C=C(C(=NOCC)CC1N(Cc1ccc(F)cc1)C(=O)C1CC1)C32. The number of aliphatic hydroxyl groups excluding tert-OH is 2. The van der Waals surface area contributed by atoms with Gasteiger partial charge < -0.3 is 34.2 Å². The van der Waals surface area contributed by atoms with E-state index >= 15 is 0 Å². The summed E-state index contributed by atoms with van der Waals surface area (Å²) in [6, 6.07) is 17.5. The van der Waals surface area contributed by atoms with E-state index in [2.05, 4.69) is 23.7 Å². The van der Waals surface area contributed by atoms with Crippen LogP contribution in [0.2, 0.25) is 0 Å². The Morgan fingerprint density at radius 3 is 2.55 bits per heavy atom. The number of rotatable bonds is 20. The van der Waals surface area contributed by atoms with Gasteiger partial charge in [0.1, 0.15) is 36.6 Å². The first-order valence-corrected chi connectivity index (χ1v) is 21.1. The van der Waals surface area contributed by atoms with E-state index in [0.29, 0.717) is 44.0 Å². The number of halogens is 1. The molecule has 4 aliphatic rings. The fraction of sp³-hybridized carbons (Fsp3) is 0.511. The van der Waals surface area contributed by atoms with Crippen molar-refractivity contribution in [1.82, 2.24) is 9.88 Å². The van der Waals surface area contributed by atoms with Crippen LogP contribution in [0.4, 0.5) is 4.39 Å². The molecule has 310 valence electrons. The molecule has 3 aromatic rings. The molecule has 0 bridgehead atoms. The van der Waals surface area contributed by atoms with Crippen LogP contribution in [-0.4, -0.2) is 70.0 Å². The number of hydrogen-bond acceptors (Lipinski definition) is 9. The summed E-state index contributed by atoms with van der Waals surface area (Å²) in [5.41, 5.74) is 5.25. The summed E-state index contributed by atoms with van der Waals surface area (Å²) in [7, 11) is 0. The van der Waals surface area contributed by atoms with Crippen molar-refractivity contribution in [2.45, 2.75) is 103 Å². The summed E-state index contributed by atoms with van der Waals surface area (Å²) in [6.07, 6.45) is 10.7. The number of aliphatic hydroxyl groups is 2. The molecule has 3 aliphatic carbocycles. The Kier molecular flexibility index (Phi) is 13.6. The molecule has 2 aromatic carbocycles. The number of aromatic nitrogens is 1. The number of nitrogens with zero attached hydrogens (tertiary/aromatic N) is 3. The Morgan fingerprint density at radius 1 is 1.07 bits per heavy atom. The molecule has 1 aromatic heterocycles. The third kappa shape index (κ3) is 9.01. The molecule has 6 unspecified atom stereocenters. The molecule has 2 heterocycles. The van der Waals surface area contributed by atoms with Gasteiger partial charge in [0, 0.05) is 49.3 Å². The van der Waals surface area contributed by atoms with Crippen LogP contribution in [0.3, 0.4) is 0 Å². The van der Waals surface area contributed by atoms with E-state index < -0.39 is 17.7 Å². The maximum Gasteiger partial charge on any atom is 0.239 e. The average Bonchev–Trinajstić information content (AvgIpc) is 4.09. The average molecular weight is 796 g/mol. The monoisotopic (exact) mass is 795 g/mol. The van der Waals surface area contributed by atoms with Crippen molar-refractivity contribution in [3.05, 3.63) is 113 Å². The highest BCUT2D eigenvalue weighted by atomic mass is 19.1. The zero-order valence-corrected chi connectivity index (χ0v) is 33.9. The normalized spacial score (nSPS) is 25.2. The van der Waals surface area contributed by atoms with Crippen LogP contribution in [-0.2, 0) is 27.5 Å². The summed E-state index contributed by atoms with van der Waals surface area (Å²) >= 11 is 0. The van der Waals surface area contributed by atoms with Crippen LogP contribution in [0.1, 0.15) is 93.1 Å². The van der Waals surface area contributed by atoms with Gasteiger partial charge in [-0.05, 0) is 118 Å². The number of hydrogen-bond donors (Lipinski definition) is 2. The van der Waals surface area contributed by atoms with Crippen LogP contribution in [0.25, 0.3) is 0 Å². The van der Waals surface area contributed by atoms with E-state index in [4.69, 9.17) is 24.2 Å². The molecule has 0 saturated heterocycles. The smallest absolute Gasteiger partial charge is 0.239 e. The number of oxime groups is 1. The second-order valence-corrected chi connectivity index (χ2v) is 16.1. The lowest BCUT2D eigenvalue weighted by Gasteiger charge is -2.60. The molecule has 2 saturated carbocycles. The van der Waals surface area contributed by atoms with E-state index in [9.17, 15) is 19.4 Å². The molecule has 2 fully saturated rings. The minimum Gasteiger partial charge on any atom is -0.487 e. The summed E-state index contributed by atoms with van der Waals surface area (Å²) < 4.78 is 35.1. The predicted molar refractivity (Wildman–Crippen MR) is 220 cm³/mol. The lowest BCUT2D eigenvalue weighted by molar-refractivity contribution is -0.258. The van der Waals surface area contributed by atoms with Crippen LogP contribution in [0, 0.1) is 36.4 Å². The summed E-state index contributed by atoms with van der Waals surface area (Å²) in [5.74, 6) is -0.894. The Balaban J connectivity index is 1.42. The highest BCUT2D eigenvalue weighted by molar-refractivity contribution is 6.03. The Hall–Kier alpha value is -4.58. The lowest BCUT2D eigenvalue weighted by Crippen LogP contribution is -2.70. The Morgan fingerprint density at radius 2 is 1.84 bits per heavy atom. The Bertz CT molecular complexity index is 1950. The Labute approximate surface area is 341 Å². The molecule has 0 radical (unpaired) electrons. The number of carbonyl (C=O) groups excluding carboxylic acids is 1. The van der Waals surface area contributed by atoms with Gasteiger partial charge in [0.25, 0.3) is 0 Å². The van der Waals surface area contributed by atoms with Crippen molar-refractivity contribution in [2.24, 2.45) is 28.8 Å². The molecule has 58 heavy (non-hydrogen) atoms. The number of fused-ring (bicyclic) bond motifs is 2. The molecule has 6 atom stereocenters. The number of carbonyl (C=O) groups is 1. The van der Waals surface area contributed by atoms with Crippen molar-refractivity contribution in [3.8, 4) is 11.5 Å². The van der Waals surface area contributed by atoms with Crippen molar-refractivity contribution in [2.75, 3.05) is 26.4 Å². The third-order valence-corrected chi connectivity index (χ3v) is 12.1. The molecule has 1 aliphatic heterocycles. The minimum atomic E-state index is -1.37. The molecule has 10 nitrogen and oxygen atoms in total. The molecule has 2 N–H and O–H groups in total. The second-order valence-electron chi connectivity index (χ2n) is 16.1. The molecule has 11 heteroatoms. The molecule has 7 rings (SSSR count). The maximum atomic E-state index is 14.6. The van der Waals surface area contributed by atoms with Gasteiger partial charge in [-0.25, -0.2) is 4.39 Å². The first-order chi connectivity index (χ1) is 28.3. The molecule has 0 spiro atoms. The standard InChI is InChI=1S/C47H58FN3O7/c1-4-25-56-47-43(51(46(54)33-17-18-33)29-32-15-19-35(48)20-16-32)28-41(50-57-5-2)39-26-34(12-6-8-23-52)38(14-7-9-24-53)44(45(39)47)40-27-37(21-22-42(40)58-47)55-30-36-13-10-11-31(3)49-36/h4,10-11,13,15-16,19-22,26-27,33-34,38,43-45,52-53H,1,5-9,12,14,17-18,23-25,28-30H2,2-3H3. The quantitative estimate of drug-likeness (QED) is 0.0667. The number of allylic oxidation sites excluding steroid dienone is 1. The first-order valence-electron chi connectivity index (χ1n) is 21.1. The van der Waals surface area contributed by atoms with Crippen LogP contribution >= 0.6 is 0 Å². The minimum absolute atomic E-state index is 0.00994. The van der Waals surface area contributed by atoms with Crippen LogP contribution in [0.15, 0.2) is 90.1 Å². The summed E-state index contributed by atoms with van der Waals surface area (Å²) in [4.78, 5) is 27.0. The summed E-state index contributed by atoms with van der Waals surface area (Å²) in [5, 5.41) is 24.6. The first kappa shape index (κ1) is 41.6. The van der Waals surface area contributed by atoms with Crippen molar-refractivity contribution in [3.63, 3.8) is 0 Å². The van der Waals surface area contributed by atoms with E-state index in [0.717, 1.165) is 72.3 Å². The van der Waals surface area contributed by atoms with Crippen molar-refractivity contribution in [1.29, 1.82) is 0 Å². The topological polar surface area (TPSA) is 123 Å². The van der Waals surface area contributed by atoms with Gasteiger partial charge in [-0.1, -0.05) is 48.3 Å². The molecule has 1 amide bonds. The zero-order chi connectivity index (χ0) is 40.6. The van der Waals surface area contributed by atoms with Crippen LogP contribution < -0.4 is 9.47 Å². The van der Waals surface area contributed by atoms with Crippen molar-refractivity contribution < 1.29 is 38.4 Å². The van der Waals surface area contributed by atoms with Gasteiger partial charge in [0.15, 0.2) is 0 Å².